The second kappa shape index (κ2) is 2.85. The number of aliphatic hydroxyl groups excluding tert-OH is 1. The molecule has 0 atom stereocenters. The number of hydrogen-bond acceptors (Lipinski definition) is 1. The molecule has 2 rings (SSSR count). The molecular formula is C10H10FNO. The largest absolute Gasteiger partial charge is 0.392 e. The summed E-state index contributed by atoms with van der Waals surface area (Å²) in [6.45, 7) is 1.76. The molecule has 68 valence electrons. The summed E-state index contributed by atoms with van der Waals surface area (Å²) in [4.78, 5) is 2.91. The number of para-hydroxylation sites is 1. The van der Waals surface area contributed by atoms with E-state index in [9.17, 15) is 4.39 Å². The Balaban J connectivity index is 2.86. The number of nitrogens with one attached hydrogen (secondary N) is 1. The lowest BCUT2D eigenvalue weighted by atomic mass is 10.1. The minimum Gasteiger partial charge on any atom is -0.392 e. The lowest BCUT2D eigenvalue weighted by Crippen LogP contribution is -1.83. The first-order valence-electron chi connectivity index (χ1n) is 4.10. The molecule has 0 spiro atoms. The minimum atomic E-state index is -0.277. The van der Waals surface area contributed by atoms with Crippen LogP contribution in [0.15, 0.2) is 18.2 Å². The Kier molecular flexibility index (Phi) is 1.81. The van der Waals surface area contributed by atoms with Gasteiger partial charge in [0.05, 0.1) is 12.1 Å². The summed E-state index contributed by atoms with van der Waals surface area (Å²) in [5, 5.41) is 9.82. The number of halogens is 1. The van der Waals surface area contributed by atoms with Crippen LogP contribution in [0.1, 0.15) is 11.3 Å². The average molecular weight is 179 g/mol. The molecule has 3 heteroatoms. The zero-order valence-electron chi connectivity index (χ0n) is 7.26. The second-order valence-corrected chi connectivity index (χ2v) is 3.05. The highest BCUT2D eigenvalue weighted by Crippen LogP contribution is 2.23. The number of benzene rings is 1. The standard InChI is InChI=1S/C10H10FNO/c1-6-8(5-13)7-3-2-4-9(11)10(7)12-6/h2-4,12-13H,5H2,1H3. The van der Waals surface area contributed by atoms with Crippen molar-refractivity contribution in [1.29, 1.82) is 0 Å². The third-order valence-corrected chi connectivity index (χ3v) is 2.26. The Labute approximate surface area is 75.0 Å². The van der Waals surface area contributed by atoms with Gasteiger partial charge < -0.3 is 10.1 Å². The van der Waals surface area contributed by atoms with Gasteiger partial charge in [0.2, 0.25) is 0 Å². The Morgan fingerprint density at radius 1 is 1.46 bits per heavy atom. The maximum atomic E-state index is 13.2. The average Bonchev–Trinajstić information content (AvgIpc) is 2.43. The number of aromatic amines is 1. The van der Waals surface area contributed by atoms with Crippen LogP contribution >= 0.6 is 0 Å². The first-order valence-corrected chi connectivity index (χ1v) is 4.10. The third-order valence-electron chi connectivity index (χ3n) is 2.26. The van der Waals surface area contributed by atoms with Gasteiger partial charge in [-0.2, -0.15) is 0 Å². The Morgan fingerprint density at radius 2 is 2.23 bits per heavy atom. The molecule has 2 aromatic rings. The molecule has 0 radical (unpaired) electrons. The normalized spacial score (nSPS) is 11.0. The van der Waals surface area contributed by atoms with E-state index in [-0.39, 0.29) is 12.4 Å². The summed E-state index contributed by atoms with van der Waals surface area (Å²) in [7, 11) is 0. The van der Waals surface area contributed by atoms with Gasteiger partial charge in [0.25, 0.3) is 0 Å². The van der Waals surface area contributed by atoms with E-state index in [1.165, 1.54) is 6.07 Å². The van der Waals surface area contributed by atoms with Crippen LogP contribution < -0.4 is 0 Å². The fourth-order valence-corrected chi connectivity index (χ4v) is 1.57. The van der Waals surface area contributed by atoms with Gasteiger partial charge in [-0.3, -0.25) is 0 Å². The lowest BCUT2D eigenvalue weighted by molar-refractivity contribution is 0.282. The Bertz CT molecular complexity index is 447. The molecule has 1 aromatic heterocycles. The van der Waals surface area contributed by atoms with Gasteiger partial charge >= 0.3 is 0 Å². The van der Waals surface area contributed by atoms with Gasteiger partial charge in [0.1, 0.15) is 5.82 Å². The van der Waals surface area contributed by atoms with E-state index in [2.05, 4.69) is 4.98 Å². The van der Waals surface area contributed by atoms with Crippen molar-refractivity contribution in [3.8, 4) is 0 Å². The van der Waals surface area contributed by atoms with Crippen molar-refractivity contribution in [2.45, 2.75) is 13.5 Å². The molecular weight excluding hydrogens is 169 g/mol. The van der Waals surface area contributed by atoms with Crippen LogP contribution in [0.5, 0.6) is 0 Å². The molecule has 0 amide bonds. The Morgan fingerprint density at radius 3 is 2.92 bits per heavy atom. The molecule has 2 nitrogen and oxygen atoms in total. The van der Waals surface area contributed by atoms with E-state index in [1.807, 2.05) is 6.92 Å². The smallest absolute Gasteiger partial charge is 0.147 e. The van der Waals surface area contributed by atoms with Gasteiger partial charge in [0.15, 0.2) is 0 Å². The molecule has 1 heterocycles. The lowest BCUT2D eigenvalue weighted by Gasteiger charge is -1.94. The van der Waals surface area contributed by atoms with Crippen LogP contribution in [-0.4, -0.2) is 10.1 Å². The fourth-order valence-electron chi connectivity index (χ4n) is 1.57. The number of H-pyrrole nitrogens is 1. The highest BCUT2D eigenvalue weighted by Gasteiger charge is 2.09. The molecule has 2 N–H and O–H groups in total. The first kappa shape index (κ1) is 8.26. The van der Waals surface area contributed by atoms with Crippen molar-refractivity contribution in [2.75, 3.05) is 0 Å². The van der Waals surface area contributed by atoms with Crippen molar-refractivity contribution in [3.05, 3.63) is 35.3 Å². The quantitative estimate of drug-likeness (QED) is 0.691. The molecule has 0 bridgehead atoms. The van der Waals surface area contributed by atoms with Crippen molar-refractivity contribution < 1.29 is 9.50 Å². The van der Waals surface area contributed by atoms with Crippen LogP contribution in [0.3, 0.4) is 0 Å². The van der Waals surface area contributed by atoms with Gasteiger partial charge in [-0.1, -0.05) is 12.1 Å². The molecule has 0 saturated heterocycles. The van der Waals surface area contributed by atoms with Crippen molar-refractivity contribution in [2.24, 2.45) is 0 Å². The van der Waals surface area contributed by atoms with Crippen LogP contribution in [0.4, 0.5) is 4.39 Å². The van der Waals surface area contributed by atoms with Gasteiger partial charge in [-0.05, 0) is 13.0 Å². The monoisotopic (exact) mass is 179 g/mol. The topological polar surface area (TPSA) is 36.0 Å². The molecule has 13 heavy (non-hydrogen) atoms. The van der Waals surface area contributed by atoms with E-state index in [0.717, 1.165) is 16.6 Å². The molecule has 0 fully saturated rings. The minimum absolute atomic E-state index is 0.0602. The molecule has 0 saturated carbocycles. The zero-order valence-corrected chi connectivity index (χ0v) is 7.26. The fraction of sp³-hybridized carbons (Fsp3) is 0.200. The highest BCUT2D eigenvalue weighted by atomic mass is 19.1. The molecule has 0 aliphatic carbocycles. The summed E-state index contributed by atoms with van der Waals surface area (Å²) in [5.41, 5.74) is 2.07. The molecule has 1 aromatic carbocycles. The summed E-state index contributed by atoms with van der Waals surface area (Å²) in [5.74, 6) is -0.277. The number of fused-ring (bicyclic) bond motifs is 1. The molecule has 0 aliphatic rings. The summed E-state index contributed by atoms with van der Waals surface area (Å²) in [6.07, 6.45) is 0. The van der Waals surface area contributed by atoms with E-state index in [4.69, 9.17) is 5.11 Å². The number of aryl methyl sites for hydroxylation is 1. The zero-order chi connectivity index (χ0) is 9.42. The van der Waals surface area contributed by atoms with Crippen molar-refractivity contribution in [3.63, 3.8) is 0 Å². The van der Waals surface area contributed by atoms with Gasteiger partial charge in [-0.25, -0.2) is 4.39 Å². The van der Waals surface area contributed by atoms with E-state index in [1.54, 1.807) is 12.1 Å². The predicted octanol–water partition coefficient (Wildman–Crippen LogP) is 2.11. The SMILES string of the molecule is Cc1[nH]c2c(F)cccc2c1CO. The predicted molar refractivity (Wildman–Crippen MR) is 48.9 cm³/mol. The number of rotatable bonds is 1. The summed E-state index contributed by atoms with van der Waals surface area (Å²) < 4.78 is 13.2. The van der Waals surface area contributed by atoms with Crippen molar-refractivity contribution >= 4 is 10.9 Å². The third kappa shape index (κ3) is 1.12. The maximum Gasteiger partial charge on any atom is 0.147 e. The van der Waals surface area contributed by atoms with Crippen LogP contribution in [0.2, 0.25) is 0 Å². The number of aromatic nitrogens is 1. The second-order valence-electron chi connectivity index (χ2n) is 3.05. The van der Waals surface area contributed by atoms with Crippen LogP contribution in [-0.2, 0) is 6.61 Å². The number of aliphatic hydroxyl groups is 1. The molecule has 0 unspecified atom stereocenters. The van der Waals surface area contributed by atoms with Crippen LogP contribution in [0, 0.1) is 12.7 Å². The van der Waals surface area contributed by atoms with E-state index >= 15 is 0 Å². The van der Waals surface area contributed by atoms with Gasteiger partial charge in [-0.15, -0.1) is 0 Å². The molecule has 0 aliphatic heterocycles. The van der Waals surface area contributed by atoms with Gasteiger partial charge in [0, 0.05) is 16.6 Å². The van der Waals surface area contributed by atoms with E-state index < -0.39 is 0 Å². The van der Waals surface area contributed by atoms with Crippen molar-refractivity contribution in [1.82, 2.24) is 4.98 Å². The first-order chi connectivity index (χ1) is 6.24. The van der Waals surface area contributed by atoms with E-state index in [0.29, 0.717) is 5.52 Å². The maximum absolute atomic E-state index is 13.2. The number of hydrogen-bond donors (Lipinski definition) is 2. The van der Waals surface area contributed by atoms with Crippen LogP contribution in [0.25, 0.3) is 10.9 Å². The Hall–Kier alpha value is -1.35. The highest BCUT2D eigenvalue weighted by molar-refractivity contribution is 5.84. The summed E-state index contributed by atoms with van der Waals surface area (Å²) >= 11 is 0. The summed E-state index contributed by atoms with van der Waals surface area (Å²) in [6, 6.07) is 4.84.